The van der Waals surface area contributed by atoms with Gasteiger partial charge in [0.15, 0.2) is 6.61 Å². The molecule has 30 heavy (non-hydrogen) atoms. The van der Waals surface area contributed by atoms with Gasteiger partial charge in [-0.2, -0.15) is 4.31 Å². The summed E-state index contributed by atoms with van der Waals surface area (Å²) in [6.07, 6.45) is 0. The number of aliphatic carboxylic acids is 1. The van der Waals surface area contributed by atoms with Gasteiger partial charge in [0.2, 0.25) is 10.0 Å². The lowest BCUT2D eigenvalue weighted by Crippen LogP contribution is -2.48. The van der Waals surface area contributed by atoms with E-state index < -0.39 is 16.0 Å². The number of nitrogens with zero attached hydrogens (tertiary/aromatic N) is 2. The first kappa shape index (κ1) is 20.2. The molecule has 1 fully saturated rings. The summed E-state index contributed by atoms with van der Waals surface area (Å²) in [5, 5.41) is 10.3. The van der Waals surface area contributed by atoms with Gasteiger partial charge in [-0.05, 0) is 35.7 Å². The number of carbonyl (C=O) groups is 1. The Bertz CT molecular complexity index is 1150. The third kappa shape index (κ3) is 4.10. The zero-order chi connectivity index (χ0) is 21.1. The Kier molecular flexibility index (Phi) is 5.61. The summed E-state index contributed by atoms with van der Waals surface area (Å²) in [4.78, 5) is 13.0. The van der Waals surface area contributed by atoms with Crippen molar-refractivity contribution < 1.29 is 23.1 Å². The van der Waals surface area contributed by atoms with Crippen molar-refractivity contribution in [3.05, 3.63) is 66.7 Å². The summed E-state index contributed by atoms with van der Waals surface area (Å²) in [5.74, 6) is -0.541. The van der Waals surface area contributed by atoms with Crippen molar-refractivity contribution in [2.75, 3.05) is 37.7 Å². The minimum atomic E-state index is -3.59. The number of carboxylic acids is 1. The largest absolute Gasteiger partial charge is 0.482 e. The highest BCUT2D eigenvalue weighted by atomic mass is 32.2. The molecule has 0 unspecified atom stereocenters. The molecule has 1 saturated heterocycles. The number of fused-ring (bicyclic) bond motifs is 1. The van der Waals surface area contributed by atoms with E-state index in [4.69, 9.17) is 9.84 Å². The predicted octanol–water partition coefficient (Wildman–Crippen LogP) is 2.81. The molecule has 0 spiro atoms. The average Bonchev–Trinajstić information content (AvgIpc) is 2.77. The van der Waals surface area contributed by atoms with Gasteiger partial charge in [0.1, 0.15) is 5.75 Å². The van der Waals surface area contributed by atoms with Gasteiger partial charge in [0.25, 0.3) is 0 Å². The molecule has 7 nitrogen and oxygen atoms in total. The Morgan fingerprint density at radius 1 is 0.900 bits per heavy atom. The molecule has 1 aliphatic heterocycles. The fourth-order valence-corrected chi connectivity index (χ4v) is 5.28. The van der Waals surface area contributed by atoms with E-state index in [9.17, 15) is 13.2 Å². The van der Waals surface area contributed by atoms with Crippen LogP contribution in [-0.4, -0.2) is 56.6 Å². The van der Waals surface area contributed by atoms with Crippen LogP contribution in [-0.2, 0) is 14.8 Å². The van der Waals surface area contributed by atoms with Crippen LogP contribution >= 0.6 is 0 Å². The normalized spacial score (nSPS) is 15.3. The lowest BCUT2D eigenvalue weighted by Gasteiger charge is -2.35. The number of ether oxygens (including phenoxy) is 1. The zero-order valence-electron chi connectivity index (χ0n) is 16.3. The molecule has 1 N–H and O–H groups in total. The standard InChI is InChI=1S/C22H22N2O5S/c25-22(26)16-29-19-10-8-18(9-11-19)23-12-14-24(15-13-23)30(27,28)21-7-3-5-17-4-1-2-6-20(17)21/h1-11H,12-16H2,(H,25,26). The number of hydrogen-bond donors (Lipinski definition) is 1. The highest BCUT2D eigenvalue weighted by Crippen LogP contribution is 2.27. The van der Waals surface area contributed by atoms with Crippen LogP contribution in [0.25, 0.3) is 10.8 Å². The summed E-state index contributed by atoms with van der Waals surface area (Å²) in [5.41, 5.74) is 0.944. The molecule has 1 aliphatic rings. The molecule has 0 aliphatic carbocycles. The van der Waals surface area contributed by atoms with Crippen LogP contribution in [0.1, 0.15) is 0 Å². The maximum Gasteiger partial charge on any atom is 0.341 e. The van der Waals surface area contributed by atoms with Crippen LogP contribution < -0.4 is 9.64 Å². The van der Waals surface area contributed by atoms with Crippen LogP contribution in [0.5, 0.6) is 5.75 Å². The number of piperazine rings is 1. The lowest BCUT2D eigenvalue weighted by atomic mass is 10.1. The van der Waals surface area contributed by atoms with Crippen molar-refractivity contribution in [2.24, 2.45) is 0 Å². The van der Waals surface area contributed by atoms with E-state index >= 15 is 0 Å². The number of hydrogen-bond acceptors (Lipinski definition) is 5. The van der Waals surface area contributed by atoms with Gasteiger partial charge in [0.05, 0.1) is 4.90 Å². The molecule has 3 aromatic carbocycles. The first-order chi connectivity index (χ1) is 14.4. The molecule has 0 bridgehead atoms. The van der Waals surface area contributed by atoms with E-state index in [0.29, 0.717) is 36.8 Å². The molecule has 4 rings (SSSR count). The van der Waals surface area contributed by atoms with Gasteiger partial charge in [-0.15, -0.1) is 0 Å². The van der Waals surface area contributed by atoms with Crippen LogP contribution in [0.2, 0.25) is 0 Å². The molecule has 8 heteroatoms. The summed E-state index contributed by atoms with van der Waals surface area (Å²) in [6, 6.07) is 20.0. The van der Waals surface area contributed by atoms with Crippen molar-refractivity contribution in [3.63, 3.8) is 0 Å². The highest BCUT2D eigenvalue weighted by Gasteiger charge is 2.29. The number of carboxylic acid groups (broad SMARTS) is 1. The third-order valence-electron chi connectivity index (χ3n) is 5.17. The fourth-order valence-electron chi connectivity index (χ4n) is 3.64. The highest BCUT2D eigenvalue weighted by molar-refractivity contribution is 7.89. The average molecular weight is 426 g/mol. The molecular weight excluding hydrogens is 404 g/mol. The van der Waals surface area contributed by atoms with Gasteiger partial charge in [-0.25, -0.2) is 13.2 Å². The fraction of sp³-hybridized carbons (Fsp3) is 0.227. The molecule has 3 aromatic rings. The minimum absolute atomic E-state index is 0.342. The Hall–Kier alpha value is -3.10. The number of sulfonamides is 1. The predicted molar refractivity (Wildman–Crippen MR) is 114 cm³/mol. The number of rotatable bonds is 6. The van der Waals surface area contributed by atoms with E-state index in [-0.39, 0.29) is 6.61 Å². The van der Waals surface area contributed by atoms with E-state index in [1.54, 1.807) is 24.3 Å². The van der Waals surface area contributed by atoms with Crippen molar-refractivity contribution in [3.8, 4) is 5.75 Å². The summed E-state index contributed by atoms with van der Waals surface area (Å²) in [7, 11) is -3.59. The van der Waals surface area contributed by atoms with E-state index in [1.807, 2.05) is 42.5 Å². The third-order valence-corrected chi connectivity index (χ3v) is 7.13. The minimum Gasteiger partial charge on any atom is -0.482 e. The molecule has 156 valence electrons. The zero-order valence-corrected chi connectivity index (χ0v) is 17.1. The first-order valence-corrected chi connectivity index (χ1v) is 11.1. The molecule has 0 atom stereocenters. The smallest absolute Gasteiger partial charge is 0.341 e. The summed E-state index contributed by atoms with van der Waals surface area (Å²) >= 11 is 0. The molecule has 1 heterocycles. The number of benzene rings is 3. The molecule has 0 amide bonds. The van der Waals surface area contributed by atoms with E-state index in [1.165, 1.54) is 4.31 Å². The first-order valence-electron chi connectivity index (χ1n) is 9.63. The van der Waals surface area contributed by atoms with Gasteiger partial charge in [-0.3, -0.25) is 0 Å². The number of anilines is 1. The Balaban J connectivity index is 1.45. The lowest BCUT2D eigenvalue weighted by molar-refractivity contribution is -0.139. The summed E-state index contributed by atoms with van der Waals surface area (Å²) < 4.78 is 33.2. The van der Waals surface area contributed by atoms with E-state index in [0.717, 1.165) is 16.5 Å². The Labute approximate surface area is 175 Å². The van der Waals surface area contributed by atoms with Crippen LogP contribution in [0.3, 0.4) is 0 Å². The second-order valence-electron chi connectivity index (χ2n) is 7.04. The van der Waals surface area contributed by atoms with Crippen molar-refractivity contribution in [2.45, 2.75) is 4.90 Å². The molecular formula is C22H22N2O5S. The van der Waals surface area contributed by atoms with Crippen molar-refractivity contribution in [1.29, 1.82) is 0 Å². The van der Waals surface area contributed by atoms with Gasteiger partial charge >= 0.3 is 5.97 Å². The van der Waals surface area contributed by atoms with Crippen molar-refractivity contribution >= 4 is 32.5 Å². The SMILES string of the molecule is O=C(O)COc1ccc(N2CCN(S(=O)(=O)c3cccc4ccccc34)CC2)cc1. The van der Waals surface area contributed by atoms with Crippen LogP contribution in [0.4, 0.5) is 5.69 Å². The second kappa shape index (κ2) is 8.33. The topological polar surface area (TPSA) is 87.2 Å². The van der Waals surface area contributed by atoms with Gasteiger partial charge in [-0.1, -0.05) is 36.4 Å². The van der Waals surface area contributed by atoms with Crippen LogP contribution in [0.15, 0.2) is 71.6 Å². The molecule has 0 saturated carbocycles. The Morgan fingerprint density at radius 2 is 1.57 bits per heavy atom. The van der Waals surface area contributed by atoms with Gasteiger partial charge < -0.3 is 14.7 Å². The monoisotopic (exact) mass is 426 g/mol. The van der Waals surface area contributed by atoms with E-state index in [2.05, 4.69) is 4.90 Å². The molecule has 0 aromatic heterocycles. The Morgan fingerprint density at radius 3 is 2.27 bits per heavy atom. The molecule has 0 radical (unpaired) electrons. The van der Waals surface area contributed by atoms with Crippen molar-refractivity contribution in [1.82, 2.24) is 4.31 Å². The van der Waals surface area contributed by atoms with Crippen LogP contribution in [0, 0.1) is 0 Å². The second-order valence-corrected chi connectivity index (χ2v) is 8.95. The maximum atomic E-state index is 13.3. The maximum absolute atomic E-state index is 13.3. The quantitative estimate of drug-likeness (QED) is 0.652. The van der Waals surface area contributed by atoms with Gasteiger partial charge in [0, 0.05) is 37.3 Å². The summed E-state index contributed by atoms with van der Waals surface area (Å²) in [6.45, 7) is 1.54.